The summed E-state index contributed by atoms with van der Waals surface area (Å²) in [5, 5.41) is 0. The number of carbonyl (C=O) groups excluding carboxylic acids is 1. The van der Waals surface area contributed by atoms with Gasteiger partial charge in [0.25, 0.3) is 0 Å². The third-order valence-electron chi connectivity index (χ3n) is 1.81. The van der Waals surface area contributed by atoms with Gasteiger partial charge in [0.05, 0.1) is 17.9 Å². The van der Waals surface area contributed by atoms with Crippen LogP contribution in [0.15, 0.2) is 16.6 Å². The molecule has 0 saturated carbocycles. The van der Waals surface area contributed by atoms with E-state index in [0.717, 1.165) is 0 Å². The number of hydrogen-bond donors (Lipinski definition) is 1. The Morgan fingerprint density at radius 1 is 1.57 bits per heavy atom. The summed E-state index contributed by atoms with van der Waals surface area (Å²) in [7, 11) is 0. The van der Waals surface area contributed by atoms with Crippen LogP contribution in [0.4, 0.5) is 5.69 Å². The van der Waals surface area contributed by atoms with Crippen LogP contribution in [0.3, 0.4) is 0 Å². The number of rotatable bonds is 3. The standard InChI is InChI=1S/C10H12BrNO2/c1-3-14-8-5-4-7(11)10(12)9(8)6(2)13/h4-5H,3,12H2,1-2H3. The number of nitrogens with two attached hydrogens (primary N) is 1. The monoisotopic (exact) mass is 257 g/mol. The van der Waals surface area contributed by atoms with Crippen LogP contribution >= 0.6 is 15.9 Å². The van der Waals surface area contributed by atoms with Crippen LogP contribution in [0.5, 0.6) is 5.75 Å². The van der Waals surface area contributed by atoms with Crippen LogP contribution in [-0.2, 0) is 0 Å². The molecular weight excluding hydrogens is 246 g/mol. The van der Waals surface area contributed by atoms with Gasteiger partial charge in [0.2, 0.25) is 0 Å². The number of ether oxygens (including phenoxy) is 1. The lowest BCUT2D eigenvalue weighted by atomic mass is 10.1. The molecule has 0 aromatic heterocycles. The summed E-state index contributed by atoms with van der Waals surface area (Å²) in [4.78, 5) is 11.3. The highest BCUT2D eigenvalue weighted by Gasteiger charge is 2.14. The Kier molecular flexibility index (Phi) is 3.52. The molecule has 0 aliphatic carbocycles. The van der Waals surface area contributed by atoms with E-state index < -0.39 is 0 Å². The fourth-order valence-electron chi connectivity index (χ4n) is 1.21. The Balaban J connectivity index is 3.30. The molecule has 76 valence electrons. The summed E-state index contributed by atoms with van der Waals surface area (Å²) < 4.78 is 6.03. The summed E-state index contributed by atoms with van der Waals surface area (Å²) in [6, 6.07) is 3.51. The molecule has 14 heavy (non-hydrogen) atoms. The number of Topliss-reactive ketones (excluding diaryl/α,β-unsaturated/α-hetero) is 1. The van der Waals surface area contributed by atoms with Crippen molar-refractivity contribution in [3.05, 3.63) is 22.2 Å². The molecular formula is C10H12BrNO2. The van der Waals surface area contributed by atoms with E-state index in [1.54, 1.807) is 12.1 Å². The van der Waals surface area contributed by atoms with Gasteiger partial charge < -0.3 is 10.5 Å². The maximum atomic E-state index is 11.3. The summed E-state index contributed by atoms with van der Waals surface area (Å²) in [6.45, 7) is 3.85. The van der Waals surface area contributed by atoms with Crippen molar-refractivity contribution in [3.63, 3.8) is 0 Å². The van der Waals surface area contributed by atoms with Crippen molar-refractivity contribution in [2.24, 2.45) is 0 Å². The molecule has 0 unspecified atom stereocenters. The molecule has 0 radical (unpaired) electrons. The maximum Gasteiger partial charge on any atom is 0.165 e. The zero-order valence-electron chi connectivity index (χ0n) is 8.13. The van der Waals surface area contributed by atoms with Gasteiger partial charge in [-0.05, 0) is 41.9 Å². The van der Waals surface area contributed by atoms with Crippen molar-refractivity contribution in [2.45, 2.75) is 13.8 Å². The van der Waals surface area contributed by atoms with Crippen LogP contribution in [-0.4, -0.2) is 12.4 Å². The highest BCUT2D eigenvalue weighted by molar-refractivity contribution is 9.10. The molecule has 0 saturated heterocycles. The third kappa shape index (κ3) is 2.07. The first-order valence-electron chi connectivity index (χ1n) is 4.29. The first-order chi connectivity index (χ1) is 6.57. The number of halogens is 1. The second-order valence-corrected chi connectivity index (χ2v) is 3.68. The van der Waals surface area contributed by atoms with Crippen LogP contribution in [0.25, 0.3) is 0 Å². The molecule has 0 heterocycles. The normalized spacial score (nSPS) is 9.93. The average molecular weight is 258 g/mol. The fourth-order valence-corrected chi connectivity index (χ4v) is 1.54. The topological polar surface area (TPSA) is 52.3 Å². The zero-order chi connectivity index (χ0) is 10.7. The lowest BCUT2D eigenvalue weighted by Gasteiger charge is -2.11. The molecule has 0 bridgehead atoms. The second kappa shape index (κ2) is 4.46. The molecule has 0 aliphatic rings. The number of hydrogen-bond acceptors (Lipinski definition) is 3. The first-order valence-corrected chi connectivity index (χ1v) is 5.09. The van der Waals surface area contributed by atoms with Gasteiger partial charge in [-0.3, -0.25) is 4.79 Å². The van der Waals surface area contributed by atoms with Gasteiger partial charge in [-0.25, -0.2) is 0 Å². The molecule has 4 heteroatoms. The number of nitrogen functional groups attached to an aromatic ring is 1. The molecule has 3 nitrogen and oxygen atoms in total. The van der Waals surface area contributed by atoms with Gasteiger partial charge in [0.1, 0.15) is 5.75 Å². The Labute approximate surface area is 91.4 Å². The van der Waals surface area contributed by atoms with E-state index in [0.29, 0.717) is 28.1 Å². The van der Waals surface area contributed by atoms with Crippen molar-refractivity contribution >= 4 is 27.4 Å². The summed E-state index contributed by atoms with van der Waals surface area (Å²) in [5.74, 6) is 0.452. The van der Waals surface area contributed by atoms with Gasteiger partial charge in [0, 0.05) is 4.47 Å². The van der Waals surface area contributed by atoms with E-state index in [9.17, 15) is 4.79 Å². The van der Waals surface area contributed by atoms with Gasteiger partial charge >= 0.3 is 0 Å². The third-order valence-corrected chi connectivity index (χ3v) is 2.50. The van der Waals surface area contributed by atoms with Gasteiger partial charge in [0.15, 0.2) is 5.78 Å². The first kappa shape index (κ1) is 11.0. The molecule has 0 amide bonds. The molecule has 1 rings (SSSR count). The van der Waals surface area contributed by atoms with Crippen molar-refractivity contribution in [3.8, 4) is 5.75 Å². The molecule has 2 N–H and O–H groups in total. The van der Waals surface area contributed by atoms with Crippen molar-refractivity contribution in [2.75, 3.05) is 12.3 Å². The predicted octanol–water partition coefficient (Wildman–Crippen LogP) is 2.63. The zero-order valence-corrected chi connectivity index (χ0v) is 9.72. The maximum absolute atomic E-state index is 11.3. The summed E-state index contributed by atoms with van der Waals surface area (Å²) in [5.41, 5.74) is 6.65. The minimum atomic E-state index is -0.0905. The minimum Gasteiger partial charge on any atom is -0.493 e. The fraction of sp³-hybridized carbons (Fsp3) is 0.300. The predicted molar refractivity (Wildman–Crippen MR) is 59.7 cm³/mol. The highest BCUT2D eigenvalue weighted by Crippen LogP contribution is 2.31. The van der Waals surface area contributed by atoms with Crippen molar-refractivity contribution in [1.29, 1.82) is 0 Å². The van der Waals surface area contributed by atoms with Gasteiger partial charge in [-0.1, -0.05) is 0 Å². The van der Waals surface area contributed by atoms with Crippen LogP contribution in [0, 0.1) is 0 Å². The van der Waals surface area contributed by atoms with Crippen molar-refractivity contribution in [1.82, 2.24) is 0 Å². The minimum absolute atomic E-state index is 0.0905. The SMILES string of the molecule is CCOc1ccc(Br)c(N)c1C(C)=O. The second-order valence-electron chi connectivity index (χ2n) is 2.82. The Hall–Kier alpha value is -1.03. The Bertz CT molecular complexity index is 363. The Morgan fingerprint density at radius 3 is 2.71 bits per heavy atom. The van der Waals surface area contributed by atoms with E-state index in [1.165, 1.54) is 6.92 Å². The lowest BCUT2D eigenvalue weighted by molar-refractivity contribution is 0.101. The molecule has 0 atom stereocenters. The molecule has 0 aliphatic heterocycles. The number of anilines is 1. The van der Waals surface area contributed by atoms with Crippen LogP contribution in [0.1, 0.15) is 24.2 Å². The van der Waals surface area contributed by atoms with E-state index in [-0.39, 0.29) is 5.78 Å². The Morgan fingerprint density at radius 2 is 2.21 bits per heavy atom. The van der Waals surface area contributed by atoms with Crippen LogP contribution in [0.2, 0.25) is 0 Å². The van der Waals surface area contributed by atoms with Gasteiger partial charge in [-0.15, -0.1) is 0 Å². The average Bonchev–Trinajstić information content (AvgIpc) is 2.11. The highest BCUT2D eigenvalue weighted by atomic mass is 79.9. The van der Waals surface area contributed by atoms with Crippen molar-refractivity contribution < 1.29 is 9.53 Å². The summed E-state index contributed by atoms with van der Waals surface area (Å²) >= 11 is 3.27. The molecule has 0 spiro atoms. The number of ketones is 1. The molecule has 1 aromatic rings. The van der Waals surface area contributed by atoms with Crippen LogP contribution < -0.4 is 10.5 Å². The van der Waals surface area contributed by atoms with Gasteiger partial charge in [-0.2, -0.15) is 0 Å². The largest absolute Gasteiger partial charge is 0.493 e. The number of carbonyl (C=O) groups is 1. The van der Waals surface area contributed by atoms with E-state index in [2.05, 4.69) is 15.9 Å². The molecule has 0 fully saturated rings. The van der Waals surface area contributed by atoms with E-state index >= 15 is 0 Å². The smallest absolute Gasteiger partial charge is 0.165 e. The van der Waals surface area contributed by atoms with E-state index in [1.807, 2.05) is 6.92 Å². The number of benzene rings is 1. The molecule has 1 aromatic carbocycles. The quantitative estimate of drug-likeness (QED) is 0.669. The lowest BCUT2D eigenvalue weighted by Crippen LogP contribution is -2.05. The van der Waals surface area contributed by atoms with E-state index in [4.69, 9.17) is 10.5 Å². The summed E-state index contributed by atoms with van der Waals surface area (Å²) in [6.07, 6.45) is 0.